The molecule has 7 nitrogen and oxygen atoms in total. The molecule has 1 heterocycles. The molecule has 1 fully saturated rings. The van der Waals surface area contributed by atoms with Gasteiger partial charge >= 0.3 is 12.0 Å². The van der Waals surface area contributed by atoms with Crippen molar-refractivity contribution in [1.29, 1.82) is 0 Å². The van der Waals surface area contributed by atoms with E-state index in [2.05, 4.69) is 10.6 Å². The summed E-state index contributed by atoms with van der Waals surface area (Å²) in [6.45, 7) is 9.81. The zero-order valence-electron chi connectivity index (χ0n) is 15.9. The Morgan fingerprint density at radius 1 is 1.16 bits per heavy atom. The van der Waals surface area contributed by atoms with Crippen LogP contribution in [0.15, 0.2) is 0 Å². The first-order valence-corrected chi connectivity index (χ1v) is 9.24. The molecule has 0 aromatic carbocycles. The maximum absolute atomic E-state index is 12.2. The van der Waals surface area contributed by atoms with Crippen LogP contribution in [0.5, 0.6) is 0 Å². The van der Waals surface area contributed by atoms with Crippen LogP contribution in [0.1, 0.15) is 53.4 Å². The van der Waals surface area contributed by atoms with Gasteiger partial charge in [0.15, 0.2) is 0 Å². The van der Waals surface area contributed by atoms with E-state index >= 15 is 0 Å². The second-order valence-electron chi connectivity index (χ2n) is 7.83. The van der Waals surface area contributed by atoms with Gasteiger partial charge in [-0.25, -0.2) is 9.59 Å². The number of carboxylic acids is 1. The Bertz CT molecular complexity index is 465. The Balaban J connectivity index is 2.48. The minimum Gasteiger partial charge on any atom is -0.480 e. The van der Waals surface area contributed by atoms with E-state index in [0.717, 1.165) is 12.8 Å². The lowest BCUT2D eigenvalue weighted by Crippen LogP contribution is -2.48. The molecule has 1 aliphatic heterocycles. The molecule has 0 aliphatic carbocycles. The molecule has 1 saturated heterocycles. The lowest BCUT2D eigenvalue weighted by atomic mass is 9.94. The van der Waals surface area contributed by atoms with E-state index in [9.17, 15) is 19.5 Å². The number of likely N-dealkylation sites (tertiary alicyclic amines) is 1. The first kappa shape index (κ1) is 21.3. The van der Waals surface area contributed by atoms with Gasteiger partial charge in [-0.3, -0.25) is 4.79 Å². The number of amides is 3. The second-order valence-corrected chi connectivity index (χ2v) is 7.83. The lowest BCUT2D eigenvalue weighted by molar-refractivity contribution is -0.142. The minimum atomic E-state index is -1.000. The zero-order chi connectivity index (χ0) is 19.0. The largest absolute Gasteiger partial charge is 0.480 e. The molecule has 7 heteroatoms. The molecule has 1 unspecified atom stereocenters. The summed E-state index contributed by atoms with van der Waals surface area (Å²) in [5.41, 5.74) is 0. The fourth-order valence-electron chi connectivity index (χ4n) is 3.03. The lowest BCUT2D eigenvalue weighted by Gasteiger charge is -2.33. The van der Waals surface area contributed by atoms with Crippen molar-refractivity contribution in [1.82, 2.24) is 15.5 Å². The van der Waals surface area contributed by atoms with Crippen molar-refractivity contribution < 1.29 is 19.5 Å². The Morgan fingerprint density at radius 2 is 1.84 bits per heavy atom. The van der Waals surface area contributed by atoms with E-state index in [0.29, 0.717) is 32.0 Å². The van der Waals surface area contributed by atoms with Crippen LogP contribution in [0.4, 0.5) is 4.79 Å². The molecule has 1 rings (SSSR count). The molecular weight excluding hydrogens is 322 g/mol. The van der Waals surface area contributed by atoms with Gasteiger partial charge in [0, 0.05) is 26.1 Å². The highest BCUT2D eigenvalue weighted by Crippen LogP contribution is 2.20. The minimum absolute atomic E-state index is 0.0760. The zero-order valence-corrected chi connectivity index (χ0v) is 15.9. The summed E-state index contributed by atoms with van der Waals surface area (Å²) >= 11 is 0. The van der Waals surface area contributed by atoms with Crippen LogP contribution in [-0.4, -0.2) is 53.6 Å². The third-order valence-corrected chi connectivity index (χ3v) is 4.28. The quantitative estimate of drug-likeness (QED) is 0.621. The predicted molar refractivity (Wildman–Crippen MR) is 96.2 cm³/mol. The van der Waals surface area contributed by atoms with Gasteiger partial charge in [-0.2, -0.15) is 0 Å². The van der Waals surface area contributed by atoms with Crippen molar-refractivity contribution >= 4 is 17.9 Å². The third-order valence-electron chi connectivity index (χ3n) is 4.28. The highest BCUT2D eigenvalue weighted by atomic mass is 16.4. The molecule has 25 heavy (non-hydrogen) atoms. The SMILES string of the molecule is CC(C)CNC(=O)N1CCCC(CC(=O)N[C@H](CC(C)C)C(=O)O)C1. The maximum atomic E-state index is 12.2. The summed E-state index contributed by atoms with van der Waals surface area (Å²) in [6.07, 6.45) is 2.41. The fourth-order valence-corrected chi connectivity index (χ4v) is 3.03. The molecule has 2 atom stereocenters. The van der Waals surface area contributed by atoms with E-state index in [1.807, 2.05) is 27.7 Å². The third kappa shape index (κ3) is 8.23. The highest BCUT2D eigenvalue weighted by Gasteiger charge is 2.27. The second kappa shape index (κ2) is 10.3. The summed E-state index contributed by atoms with van der Waals surface area (Å²) in [4.78, 5) is 37.4. The molecule has 144 valence electrons. The van der Waals surface area contributed by atoms with Gasteiger partial charge in [-0.05, 0) is 37.0 Å². The predicted octanol–water partition coefficient (Wildman–Crippen LogP) is 2.07. The van der Waals surface area contributed by atoms with E-state index in [4.69, 9.17) is 0 Å². The van der Waals surface area contributed by atoms with Gasteiger partial charge in [0.1, 0.15) is 6.04 Å². The molecule has 1 aliphatic rings. The molecule has 0 bridgehead atoms. The summed E-state index contributed by atoms with van der Waals surface area (Å²) in [5.74, 6) is -0.588. The van der Waals surface area contributed by atoms with Gasteiger partial charge in [0.25, 0.3) is 0 Å². The van der Waals surface area contributed by atoms with Gasteiger partial charge in [0.05, 0.1) is 0 Å². The molecule has 0 aromatic rings. The number of rotatable bonds is 8. The number of nitrogens with zero attached hydrogens (tertiary/aromatic N) is 1. The highest BCUT2D eigenvalue weighted by molar-refractivity contribution is 5.83. The number of carboxylic acid groups (broad SMARTS) is 1. The van der Waals surface area contributed by atoms with Crippen LogP contribution in [0, 0.1) is 17.8 Å². The number of aliphatic carboxylic acids is 1. The smallest absolute Gasteiger partial charge is 0.326 e. The fraction of sp³-hybridized carbons (Fsp3) is 0.833. The van der Waals surface area contributed by atoms with Crippen LogP contribution in [-0.2, 0) is 9.59 Å². The number of nitrogens with one attached hydrogen (secondary N) is 2. The molecule has 0 saturated carbocycles. The van der Waals surface area contributed by atoms with Gasteiger partial charge in [0.2, 0.25) is 5.91 Å². The van der Waals surface area contributed by atoms with Crippen LogP contribution in [0.25, 0.3) is 0 Å². The van der Waals surface area contributed by atoms with Crippen LogP contribution in [0.3, 0.4) is 0 Å². The van der Waals surface area contributed by atoms with Crippen molar-refractivity contribution in [3.63, 3.8) is 0 Å². The number of carbonyl (C=O) groups is 3. The number of piperidine rings is 1. The normalized spacial score (nSPS) is 19.0. The summed E-state index contributed by atoms with van der Waals surface area (Å²) in [7, 11) is 0. The molecule has 3 N–H and O–H groups in total. The van der Waals surface area contributed by atoms with Crippen molar-refractivity contribution in [3.05, 3.63) is 0 Å². The van der Waals surface area contributed by atoms with Gasteiger partial charge in [-0.1, -0.05) is 27.7 Å². The Labute approximate surface area is 150 Å². The van der Waals surface area contributed by atoms with Crippen LogP contribution >= 0.6 is 0 Å². The first-order valence-electron chi connectivity index (χ1n) is 9.24. The average Bonchev–Trinajstić information content (AvgIpc) is 2.51. The van der Waals surface area contributed by atoms with Gasteiger partial charge < -0.3 is 20.6 Å². The summed E-state index contributed by atoms with van der Waals surface area (Å²) in [6, 6.07) is -0.927. The van der Waals surface area contributed by atoms with Crippen molar-refractivity contribution in [3.8, 4) is 0 Å². The molecule has 3 amide bonds. The molecule has 0 spiro atoms. The first-order chi connectivity index (χ1) is 11.7. The van der Waals surface area contributed by atoms with Gasteiger partial charge in [-0.15, -0.1) is 0 Å². The topological polar surface area (TPSA) is 98.7 Å². The number of carbonyl (C=O) groups excluding carboxylic acids is 2. The molecular formula is C18H33N3O4. The van der Waals surface area contributed by atoms with E-state index in [1.165, 1.54) is 0 Å². The van der Waals surface area contributed by atoms with Crippen molar-refractivity contribution in [2.45, 2.75) is 59.4 Å². The van der Waals surface area contributed by atoms with Crippen LogP contribution < -0.4 is 10.6 Å². The monoisotopic (exact) mass is 355 g/mol. The van der Waals surface area contributed by atoms with Crippen molar-refractivity contribution in [2.75, 3.05) is 19.6 Å². The van der Waals surface area contributed by atoms with Crippen LogP contribution in [0.2, 0.25) is 0 Å². The molecule has 0 aromatic heterocycles. The standard InChI is InChI=1S/C18H33N3O4/c1-12(2)8-15(17(23)24)20-16(22)9-14-6-5-7-21(11-14)18(25)19-10-13(3)4/h12-15H,5-11H2,1-4H3,(H,19,25)(H,20,22)(H,23,24)/t14?,15-/m1/s1. The maximum Gasteiger partial charge on any atom is 0.326 e. The Kier molecular flexibility index (Phi) is 8.72. The van der Waals surface area contributed by atoms with E-state index in [-0.39, 0.29) is 30.2 Å². The Hall–Kier alpha value is -1.79. The average molecular weight is 355 g/mol. The number of urea groups is 1. The van der Waals surface area contributed by atoms with E-state index in [1.54, 1.807) is 4.90 Å². The number of hydrogen-bond acceptors (Lipinski definition) is 3. The Morgan fingerprint density at radius 3 is 2.40 bits per heavy atom. The number of hydrogen-bond donors (Lipinski definition) is 3. The summed E-state index contributed by atoms with van der Waals surface area (Å²) < 4.78 is 0. The summed E-state index contributed by atoms with van der Waals surface area (Å²) in [5, 5.41) is 14.7. The van der Waals surface area contributed by atoms with E-state index < -0.39 is 12.0 Å². The van der Waals surface area contributed by atoms with Crippen molar-refractivity contribution in [2.24, 2.45) is 17.8 Å². The molecule has 0 radical (unpaired) electrons.